The summed E-state index contributed by atoms with van der Waals surface area (Å²) in [5.74, 6) is 0.779. The molecule has 0 saturated carbocycles. The highest BCUT2D eigenvalue weighted by molar-refractivity contribution is 14.1. The highest BCUT2D eigenvalue weighted by Crippen LogP contribution is 2.17. The molecule has 3 aromatic rings. The zero-order valence-corrected chi connectivity index (χ0v) is 10.4. The molecule has 0 aliphatic carbocycles. The molecule has 0 radical (unpaired) electrons. The third-order valence-electron chi connectivity index (χ3n) is 2.27. The summed E-state index contributed by atoms with van der Waals surface area (Å²) in [6.45, 7) is 0. The first-order valence-corrected chi connectivity index (χ1v) is 5.82. The number of nitrogens with zero attached hydrogens (tertiary/aromatic N) is 4. The van der Waals surface area contributed by atoms with E-state index in [1.54, 1.807) is 10.9 Å². The van der Waals surface area contributed by atoms with Crippen molar-refractivity contribution in [2.45, 2.75) is 0 Å². The van der Waals surface area contributed by atoms with Crippen LogP contribution in [0.15, 0.2) is 43.0 Å². The molecule has 0 amide bonds. The summed E-state index contributed by atoms with van der Waals surface area (Å²) in [4.78, 5) is 8.04. The predicted molar refractivity (Wildman–Crippen MR) is 69.4 cm³/mol. The van der Waals surface area contributed by atoms with Crippen molar-refractivity contribution in [3.63, 3.8) is 0 Å². The minimum atomic E-state index is 0.779. The van der Waals surface area contributed by atoms with Gasteiger partial charge in [0, 0.05) is 27.4 Å². The lowest BCUT2D eigenvalue weighted by Crippen LogP contribution is -1.97. The van der Waals surface area contributed by atoms with Gasteiger partial charge >= 0.3 is 0 Å². The molecule has 0 aliphatic rings. The number of benzene rings is 1. The van der Waals surface area contributed by atoms with Crippen LogP contribution in [0.2, 0.25) is 0 Å². The molecule has 0 N–H and O–H groups in total. The smallest absolute Gasteiger partial charge is 0.156 e. The van der Waals surface area contributed by atoms with E-state index in [-0.39, 0.29) is 0 Å². The van der Waals surface area contributed by atoms with Gasteiger partial charge in [-0.2, -0.15) is 5.10 Å². The maximum atomic E-state index is 4.47. The molecule has 0 saturated heterocycles. The standard InChI is InChI=1S/C11H7IN4/c12-9-2-1-8-6-16(15-10(8)5-9)11-3-4-13-7-14-11/h1-7H. The van der Waals surface area contributed by atoms with Gasteiger partial charge in [-0.15, -0.1) is 0 Å². The van der Waals surface area contributed by atoms with E-state index in [1.165, 1.54) is 9.90 Å². The Bertz CT molecular complexity index is 633. The molecule has 0 aliphatic heterocycles. The summed E-state index contributed by atoms with van der Waals surface area (Å²) >= 11 is 2.28. The number of rotatable bonds is 1. The van der Waals surface area contributed by atoms with Gasteiger partial charge in [-0.25, -0.2) is 14.6 Å². The largest absolute Gasteiger partial charge is 0.245 e. The van der Waals surface area contributed by atoms with Gasteiger partial charge in [-0.1, -0.05) is 6.07 Å². The normalized spacial score (nSPS) is 10.8. The van der Waals surface area contributed by atoms with Gasteiger partial charge in [0.15, 0.2) is 5.82 Å². The van der Waals surface area contributed by atoms with Crippen LogP contribution in [0.25, 0.3) is 16.7 Å². The van der Waals surface area contributed by atoms with Crippen molar-refractivity contribution in [2.75, 3.05) is 0 Å². The zero-order valence-electron chi connectivity index (χ0n) is 8.21. The molecule has 4 nitrogen and oxygen atoms in total. The van der Waals surface area contributed by atoms with Gasteiger partial charge in [0.1, 0.15) is 6.33 Å². The van der Waals surface area contributed by atoms with Crippen molar-refractivity contribution in [1.29, 1.82) is 0 Å². The van der Waals surface area contributed by atoms with E-state index in [9.17, 15) is 0 Å². The number of hydrogen-bond acceptors (Lipinski definition) is 3. The molecule has 78 valence electrons. The van der Waals surface area contributed by atoms with Gasteiger partial charge in [-0.3, -0.25) is 0 Å². The van der Waals surface area contributed by atoms with Crippen molar-refractivity contribution in [3.8, 4) is 5.82 Å². The highest BCUT2D eigenvalue weighted by atomic mass is 127. The van der Waals surface area contributed by atoms with Crippen LogP contribution in [0.4, 0.5) is 0 Å². The summed E-state index contributed by atoms with van der Waals surface area (Å²) in [5, 5.41) is 5.58. The third kappa shape index (κ3) is 1.67. The Hall–Kier alpha value is -1.50. The van der Waals surface area contributed by atoms with Crippen LogP contribution in [-0.2, 0) is 0 Å². The Balaban J connectivity index is 2.19. The summed E-state index contributed by atoms with van der Waals surface area (Å²) < 4.78 is 2.95. The summed E-state index contributed by atoms with van der Waals surface area (Å²) in [6.07, 6.45) is 5.19. The maximum Gasteiger partial charge on any atom is 0.156 e. The number of fused-ring (bicyclic) bond motifs is 1. The molecule has 16 heavy (non-hydrogen) atoms. The van der Waals surface area contributed by atoms with Gasteiger partial charge < -0.3 is 0 Å². The van der Waals surface area contributed by atoms with Crippen LogP contribution in [-0.4, -0.2) is 19.7 Å². The Morgan fingerprint density at radius 3 is 2.94 bits per heavy atom. The molecule has 2 heterocycles. The van der Waals surface area contributed by atoms with E-state index in [4.69, 9.17) is 0 Å². The van der Waals surface area contributed by atoms with Crippen molar-refractivity contribution >= 4 is 33.5 Å². The Kier molecular flexibility index (Phi) is 2.32. The summed E-state index contributed by atoms with van der Waals surface area (Å²) in [6, 6.07) is 8.00. The zero-order chi connectivity index (χ0) is 11.0. The molecule has 0 fully saturated rings. The average molecular weight is 322 g/mol. The maximum absolute atomic E-state index is 4.47. The lowest BCUT2D eigenvalue weighted by molar-refractivity contribution is 0.852. The van der Waals surface area contributed by atoms with Crippen molar-refractivity contribution in [1.82, 2.24) is 19.7 Å². The van der Waals surface area contributed by atoms with Gasteiger partial charge in [0.05, 0.1) is 5.52 Å². The number of aromatic nitrogens is 4. The van der Waals surface area contributed by atoms with E-state index in [2.05, 4.69) is 49.8 Å². The first-order valence-electron chi connectivity index (χ1n) is 4.74. The van der Waals surface area contributed by atoms with E-state index < -0.39 is 0 Å². The van der Waals surface area contributed by atoms with Crippen molar-refractivity contribution in [3.05, 3.63) is 46.6 Å². The van der Waals surface area contributed by atoms with Gasteiger partial charge in [-0.05, 0) is 34.7 Å². The second-order valence-electron chi connectivity index (χ2n) is 3.34. The predicted octanol–water partition coefficient (Wildman–Crippen LogP) is 2.42. The molecule has 2 aromatic heterocycles. The van der Waals surface area contributed by atoms with E-state index in [0.29, 0.717) is 0 Å². The molecule has 0 spiro atoms. The van der Waals surface area contributed by atoms with Gasteiger partial charge in [0.25, 0.3) is 0 Å². The summed E-state index contributed by atoms with van der Waals surface area (Å²) in [7, 11) is 0. The molecule has 0 atom stereocenters. The lowest BCUT2D eigenvalue weighted by atomic mass is 10.3. The van der Waals surface area contributed by atoms with Crippen molar-refractivity contribution in [2.24, 2.45) is 0 Å². The molecule has 1 aromatic carbocycles. The minimum absolute atomic E-state index is 0.779. The molecular weight excluding hydrogens is 315 g/mol. The van der Waals surface area contributed by atoms with Crippen molar-refractivity contribution < 1.29 is 0 Å². The molecule has 5 heteroatoms. The number of halogens is 1. The highest BCUT2D eigenvalue weighted by Gasteiger charge is 2.03. The quantitative estimate of drug-likeness (QED) is 0.646. The van der Waals surface area contributed by atoms with Crippen LogP contribution in [0, 0.1) is 3.57 Å². The van der Waals surface area contributed by atoms with Crippen LogP contribution in [0.1, 0.15) is 0 Å². The molecule has 0 bridgehead atoms. The van der Waals surface area contributed by atoms with Crippen LogP contribution in [0.5, 0.6) is 0 Å². The SMILES string of the molecule is Ic1ccc2cn(-c3ccncn3)nc2c1. The molecule has 0 unspecified atom stereocenters. The fraction of sp³-hybridized carbons (Fsp3) is 0. The van der Waals surface area contributed by atoms with E-state index >= 15 is 0 Å². The van der Waals surface area contributed by atoms with Crippen LogP contribution < -0.4 is 0 Å². The van der Waals surface area contributed by atoms with Crippen LogP contribution in [0.3, 0.4) is 0 Å². The van der Waals surface area contributed by atoms with Crippen LogP contribution >= 0.6 is 22.6 Å². The third-order valence-corrected chi connectivity index (χ3v) is 2.94. The fourth-order valence-corrected chi connectivity index (χ4v) is 2.00. The minimum Gasteiger partial charge on any atom is -0.245 e. The van der Waals surface area contributed by atoms with E-state index in [0.717, 1.165) is 16.7 Å². The second kappa shape index (κ2) is 3.82. The average Bonchev–Trinajstić information content (AvgIpc) is 2.73. The second-order valence-corrected chi connectivity index (χ2v) is 4.59. The lowest BCUT2D eigenvalue weighted by Gasteiger charge is -1.96. The summed E-state index contributed by atoms with van der Waals surface area (Å²) in [5.41, 5.74) is 0.977. The Morgan fingerprint density at radius 2 is 2.12 bits per heavy atom. The van der Waals surface area contributed by atoms with Gasteiger partial charge in [0.2, 0.25) is 0 Å². The fourth-order valence-electron chi connectivity index (χ4n) is 1.53. The number of hydrogen-bond donors (Lipinski definition) is 0. The Labute approximate surface area is 105 Å². The first kappa shape index (κ1) is 9.71. The van der Waals surface area contributed by atoms with E-state index in [1.807, 2.05) is 18.3 Å². The first-order chi connectivity index (χ1) is 7.83. The molecule has 3 rings (SSSR count). The topological polar surface area (TPSA) is 43.6 Å². The monoisotopic (exact) mass is 322 g/mol. The molecular formula is C11H7IN4. The Morgan fingerprint density at radius 1 is 1.19 bits per heavy atom.